The lowest BCUT2D eigenvalue weighted by atomic mass is 10.0. The number of unbranched alkanes of at least 4 members (excludes halogenated alkanes) is 31. The first-order valence-electron chi connectivity index (χ1n) is 30.5. The molecule has 2 unspecified atom stereocenters. The average Bonchev–Trinajstić information content (AvgIpc) is 3.36. The van der Waals surface area contributed by atoms with E-state index in [-0.39, 0.29) is 32.2 Å². The number of hydrogen-bond donors (Lipinski definition) is 1. The van der Waals surface area contributed by atoms with E-state index in [0.717, 1.165) is 64.2 Å². The Bertz CT molecular complexity index is 1380. The SMILES string of the molecule is CC/C=C\C/C=C\C/C=C\CCCCCC(=O)OC(COC(=O)CCCCCCCCCCCCCCCCCCCCCCCCC/C=C\C/C=C\CCCCCCC)COC(OCC[N+](C)(C)C)C(=O)O. The summed E-state index contributed by atoms with van der Waals surface area (Å²) in [5.41, 5.74) is 0. The Morgan fingerprint density at radius 3 is 1.18 bits per heavy atom. The molecular weight excluding hydrogens is 911 g/mol. The van der Waals surface area contributed by atoms with Gasteiger partial charge >= 0.3 is 17.9 Å². The van der Waals surface area contributed by atoms with Crippen LogP contribution in [0.2, 0.25) is 0 Å². The molecule has 0 aromatic heterocycles. The van der Waals surface area contributed by atoms with Gasteiger partial charge in [0.1, 0.15) is 13.2 Å². The van der Waals surface area contributed by atoms with Gasteiger partial charge in [-0.1, -0.05) is 242 Å². The van der Waals surface area contributed by atoms with Gasteiger partial charge in [0, 0.05) is 12.8 Å². The van der Waals surface area contributed by atoms with Gasteiger partial charge in [-0.3, -0.25) is 9.59 Å². The standard InChI is InChI=1S/C64H115NO8/c1-6-8-10-12-14-16-18-20-21-22-23-24-25-26-27-28-29-30-31-32-33-34-35-36-37-38-39-40-41-43-44-46-48-50-52-54-61(66)71-58-60(59-72-64(63(68)69)70-57-56-65(3,4)5)73-62(67)55-53-51-49-47-45-42-19-17-15-13-11-9-7-2/h9,11,15,17-18,20,22-23,42,45,60,64H,6-8,10,12-14,16,19,21,24-41,43-44,46-59H2,1-5H3/p+1/b11-9-,17-15-,20-18-,23-22-,45-42-. The Hall–Kier alpha value is -3.01. The number of quaternary nitrogens is 1. The maximum Gasteiger partial charge on any atom is 0.361 e. The number of aliphatic carboxylic acids is 1. The number of esters is 2. The van der Waals surface area contributed by atoms with Gasteiger partial charge in [-0.05, 0) is 77.0 Å². The zero-order chi connectivity index (χ0) is 53.4. The molecule has 2 atom stereocenters. The number of allylic oxidation sites excluding steroid dienone is 10. The third-order valence-electron chi connectivity index (χ3n) is 13.3. The number of carboxylic acid groups (broad SMARTS) is 1. The van der Waals surface area contributed by atoms with Crippen LogP contribution >= 0.6 is 0 Å². The predicted octanol–water partition coefficient (Wildman–Crippen LogP) is 18.0. The molecule has 0 saturated heterocycles. The summed E-state index contributed by atoms with van der Waals surface area (Å²) in [4.78, 5) is 37.3. The zero-order valence-corrected chi connectivity index (χ0v) is 48.3. The van der Waals surface area contributed by atoms with E-state index in [1.54, 1.807) is 0 Å². The molecule has 9 heteroatoms. The van der Waals surface area contributed by atoms with E-state index < -0.39 is 24.3 Å². The van der Waals surface area contributed by atoms with Gasteiger partial charge in [-0.15, -0.1) is 0 Å². The molecule has 0 bridgehead atoms. The molecule has 0 rings (SSSR count). The van der Waals surface area contributed by atoms with Crippen molar-refractivity contribution in [2.24, 2.45) is 0 Å². The van der Waals surface area contributed by atoms with Crippen LogP contribution in [0.15, 0.2) is 60.8 Å². The van der Waals surface area contributed by atoms with Crippen molar-refractivity contribution in [1.82, 2.24) is 0 Å². The molecular formula is C64H116NO8+. The fourth-order valence-corrected chi connectivity index (χ4v) is 8.59. The van der Waals surface area contributed by atoms with Gasteiger partial charge in [-0.25, -0.2) is 4.79 Å². The number of carbonyl (C=O) groups excluding carboxylic acids is 2. The molecule has 0 amide bonds. The molecule has 9 nitrogen and oxygen atoms in total. The minimum absolute atomic E-state index is 0.181. The highest BCUT2D eigenvalue weighted by molar-refractivity contribution is 5.71. The molecule has 0 spiro atoms. The Morgan fingerprint density at radius 2 is 0.781 bits per heavy atom. The van der Waals surface area contributed by atoms with E-state index in [9.17, 15) is 19.5 Å². The third-order valence-corrected chi connectivity index (χ3v) is 13.3. The average molecular weight is 1030 g/mol. The van der Waals surface area contributed by atoms with E-state index >= 15 is 0 Å². The smallest absolute Gasteiger partial charge is 0.361 e. The van der Waals surface area contributed by atoms with Crippen LogP contribution in [0.4, 0.5) is 0 Å². The van der Waals surface area contributed by atoms with Crippen molar-refractivity contribution >= 4 is 17.9 Å². The van der Waals surface area contributed by atoms with Crippen molar-refractivity contribution in [1.29, 1.82) is 0 Å². The Morgan fingerprint density at radius 1 is 0.425 bits per heavy atom. The van der Waals surface area contributed by atoms with E-state index in [0.29, 0.717) is 23.9 Å². The second-order valence-corrected chi connectivity index (χ2v) is 21.6. The third kappa shape index (κ3) is 56.6. The van der Waals surface area contributed by atoms with Crippen LogP contribution in [0.1, 0.15) is 271 Å². The zero-order valence-electron chi connectivity index (χ0n) is 48.3. The van der Waals surface area contributed by atoms with Crippen molar-refractivity contribution in [2.45, 2.75) is 283 Å². The minimum atomic E-state index is -1.52. The Labute approximate surface area is 450 Å². The van der Waals surface area contributed by atoms with Crippen LogP contribution in [0.5, 0.6) is 0 Å². The lowest BCUT2D eigenvalue weighted by molar-refractivity contribution is -0.870. The minimum Gasteiger partial charge on any atom is -0.477 e. The summed E-state index contributed by atoms with van der Waals surface area (Å²) in [6.45, 7) is 4.73. The molecule has 1 N–H and O–H groups in total. The first-order valence-corrected chi connectivity index (χ1v) is 30.5. The van der Waals surface area contributed by atoms with Crippen LogP contribution < -0.4 is 0 Å². The lowest BCUT2D eigenvalue weighted by Gasteiger charge is -2.25. The van der Waals surface area contributed by atoms with Crippen molar-refractivity contribution in [3.63, 3.8) is 0 Å². The van der Waals surface area contributed by atoms with Crippen molar-refractivity contribution in [2.75, 3.05) is 47.5 Å². The van der Waals surface area contributed by atoms with Gasteiger partial charge in [-0.2, -0.15) is 0 Å². The number of carbonyl (C=O) groups is 3. The highest BCUT2D eigenvalue weighted by Crippen LogP contribution is 2.17. The molecule has 0 heterocycles. The second kappa shape index (κ2) is 55.2. The summed E-state index contributed by atoms with van der Waals surface area (Å²) in [6, 6.07) is 0. The largest absolute Gasteiger partial charge is 0.477 e. The highest BCUT2D eigenvalue weighted by atomic mass is 16.7. The summed E-state index contributed by atoms with van der Waals surface area (Å²) in [5, 5.41) is 9.68. The van der Waals surface area contributed by atoms with Crippen molar-refractivity contribution in [3.05, 3.63) is 60.8 Å². The normalized spacial score (nSPS) is 13.2. The quantitative estimate of drug-likeness (QED) is 0.0211. The molecule has 424 valence electrons. The van der Waals surface area contributed by atoms with E-state index in [2.05, 4.69) is 74.6 Å². The molecule has 0 aromatic rings. The fraction of sp³-hybridized carbons (Fsp3) is 0.797. The van der Waals surface area contributed by atoms with Crippen LogP contribution in [0.25, 0.3) is 0 Å². The lowest BCUT2D eigenvalue weighted by Crippen LogP contribution is -2.40. The first kappa shape index (κ1) is 70.0. The molecule has 0 saturated carbocycles. The number of ether oxygens (including phenoxy) is 4. The molecule has 73 heavy (non-hydrogen) atoms. The van der Waals surface area contributed by atoms with Crippen LogP contribution in [-0.2, 0) is 33.3 Å². The second-order valence-electron chi connectivity index (χ2n) is 21.6. The van der Waals surface area contributed by atoms with Crippen LogP contribution in [-0.4, -0.2) is 87.4 Å². The number of likely N-dealkylation sites (N-methyl/N-ethyl adjacent to an activating group) is 1. The van der Waals surface area contributed by atoms with Gasteiger partial charge in [0.15, 0.2) is 6.10 Å². The van der Waals surface area contributed by atoms with Gasteiger partial charge in [0.25, 0.3) is 6.29 Å². The summed E-state index contributed by atoms with van der Waals surface area (Å²) < 4.78 is 22.8. The molecule has 0 aliphatic heterocycles. The Balaban J connectivity index is 3.99. The molecule has 0 aromatic carbocycles. The predicted molar refractivity (Wildman–Crippen MR) is 309 cm³/mol. The monoisotopic (exact) mass is 1030 g/mol. The fourth-order valence-electron chi connectivity index (χ4n) is 8.59. The highest BCUT2D eigenvalue weighted by Gasteiger charge is 2.25. The first-order chi connectivity index (χ1) is 35.6. The van der Waals surface area contributed by atoms with Crippen molar-refractivity contribution < 1.29 is 42.9 Å². The number of carboxylic acids is 1. The summed E-state index contributed by atoms with van der Waals surface area (Å²) in [5.74, 6) is -2.04. The van der Waals surface area contributed by atoms with E-state index in [4.69, 9.17) is 18.9 Å². The Kier molecular flexibility index (Phi) is 53.0. The maximum atomic E-state index is 12.8. The number of hydrogen-bond acceptors (Lipinski definition) is 7. The van der Waals surface area contributed by atoms with Gasteiger partial charge in [0.2, 0.25) is 0 Å². The topological polar surface area (TPSA) is 108 Å². The van der Waals surface area contributed by atoms with Gasteiger partial charge in [0.05, 0.1) is 34.4 Å². The maximum absolute atomic E-state index is 12.8. The molecule has 0 fully saturated rings. The van der Waals surface area contributed by atoms with E-state index in [1.807, 2.05) is 21.1 Å². The summed E-state index contributed by atoms with van der Waals surface area (Å²) in [6.07, 6.45) is 67.7. The van der Waals surface area contributed by atoms with Crippen LogP contribution in [0.3, 0.4) is 0 Å². The summed E-state index contributed by atoms with van der Waals surface area (Å²) >= 11 is 0. The van der Waals surface area contributed by atoms with Crippen molar-refractivity contribution in [3.8, 4) is 0 Å². The van der Waals surface area contributed by atoms with Crippen LogP contribution in [0, 0.1) is 0 Å². The molecule has 0 aliphatic rings. The molecule has 0 radical (unpaired) electrons. The molecule has 0 aliphatic carbocycles. The summed E-state index contributed by atoms with van der Waals surface area (Å²) in [7, 11) is 5.96. The van der Waals surface area contributed by atoms with Gasteiger partial charge < -0.3 is 28.5 Å². The van der Waals surface area contributed by atoms with E-state index in [1.165, 1.54) is 173 Å². The number of nitrogens with zero attached hydrogens (tertiary/aromatic N) is 1. The number of rotatable bonds is 56.